The van der Waals surface area contributed by atoms with Gasteiger partial charge in [0, 0.05) is 16.7 Å². The van der Waals surface area contributed by atoms with Gasteiger partial charge >= 0.3 is 12.1 Å². The van der Waals surface area contributed by atoms with Gasteiger partial charge in [-0.15, -0.1) is 4.72 Å². The molecule has 2 unspecified atom stereocenters. The number of fused-ring (bicyclic) bond motifs is 1. The predicted molar refractivity (Wildman–Crippen MR) is 119 cm³/mol. The SMILES string of the molecule is Cc1oc2ccc(OCC3CC3)cc2c1C(=O)NC(C(=O)O)C(N[S@@+]([O-])C(C)(C)C)C(F)(F)F. The smallest absolute Gasteiger partial charge is 0.410 e. The molecule has 0 radical (unpaired) electrons. The highest BCUT2D eigenvalue weighted by Gasteiger charge is 2.52. The third-order valence-electron chi connectivity index (χ3n) is 5.27. The quantitative estimate of drug-likeness (QED) is 0.445. The highest BCUT2D eigenvalue weighted by Crippen LogP contribution is 2.33. The first kappa shape index (κ1) is 26.2. The molecule has 2 aromatic rings. The zero-order chi connectivity index (χ0) is 25.4. The van der Waals surface area contributed by atoms with Crippen molar-refractivity contribution in [3.8, 4) is 5.75 Å². The molecule has 12 heteroatoms. The maximum atomic E-state index is 13.8. The summed E-state index contributed by atoms with van der Waals surface area (Å²) < 4.78 is 65.6. The Morgan fingerprint density at radius 3 is 2.47 bits per heavy atom. The highest BCUT2D eigenvalue weighted by molar-refractivity contribution is 7.90. The Balaban J connectivity index is 1.89. The summed E-state index contributed by atoms with van der Waals surface area (Å²) >= 11 is -2.25. The summed E-state index contributed by atoms with van der Waals surface area (Å²) in [6.45, 7) is 6.25. The molecular formula is C22H27F3N2O6S. The Morgan fingerprint density at radius 1 is 1.29 bits per heavy atom. The maximum Gasteiger partial charge on any atom is 0.410 e. The van der Waals surface area contributed by atoms with E-state index < -0.39 is 46.2 Å². The topological polar surface area (TPSA) is 124 Å². The Kier molecular flexibility index (Phi) is 7.44. The molecule has 1 aromatic heterocycles. The molecule has 8 nitrogen and oxygen atoms in total. The van der Waals surface area contributed by atoms with Crippen LogP contribution < -0.4 is 14.8 Å². The van der Waals surface area contributed by atoms with Crippen LogP contribution in [0.25, 0.3) is 11.0 Å². The molecule has 3 atom stereocenters. The lowest BCUT2D eigenvalue weighted by atomic mass is 10.1. The number of rotatable bonds is 9. The van der Waals surface area contributed by atoms with E-state index in [-0.39, 0.29) is 16.7 Å². The van der Waals surface area contributed by atoms with E-state index in [1.54, 1.807) is 12.1 Å². The second-order valence-electron chi connectivity index (χ2n) is 9.25. The summed E-state index contributed by atoms with van der Waals surface area (Å²) in [6.07, 6.45) is -2.97. The number of ether oxygens (including phenoxy) is 1. The maximum absolute atomic E-state index is 13.8. The number of carboxylic acid groups (broad SMARTS) is 1. The molecule has 0 aliphatic heterocycles. The molecule has 3 N–H and O–H groups in total. The van der Waals surface area contributed by atoms with Crippen LogP contribution in [0.2, 0.25) is 0 Å². The number of hydrogen-bond donors (Lipinski definition) is 3. The first-order valence-corrected chi connectivity index (χ1v) is 11.8. The monoisotopic (exact) mass is 504 g/mol. The van der Waals surface area contributed by atoms with E-state index in [1.807, 2.05) is 10.0 Å². The van der Waals surface area contributed by atoms with Gasteiger partial charge < -0.3 is 24.1 Å². The summed E-state index contributed by atoms with van der Waals surface area (Å²) in [5.41, 5.74) is 0.198. The Bertz CT molecular complexity index is 1060. The zero-order valence-electron chi connectivity index (χ0n) is 19.1. The summed E-state index contributed by atoms with van der Waals surface area (Å²) in [6, 6.07) is -0.487. The van der Waals surface area contributed by atoms with Gasteiger partial charge in [0.2, 0.25) is 0 Å². The van der Waals surface area contributed by atoms with Crippen LogP contribution in [-0.2, 0) is 16.2 Å². The normalized spacial score (nSPS) is 17.3. The molecule has 1 fully saturated rings. The Hall–Kier alpha value is -2.44. The van der Waals surface area contributed by atoms with Gasteiger partial charge in [0.15, 0.2) is 12.1 Å². The van der Waals surface area contributed by atoms with Gasteiger partial charge in [-0.2, -0.15) is 13.2 Å². The standard InChI is InChI=1S/C22H27F3N2O6S/c1-11-16(14-9-13(7-8-15(14)33-11)32-10-12-5-6-12)19(28)26-17(20(29)30)18(22(23,24)25)27-34(31)21(2,3)4/h7-9,12,17-18,27H,5-6,10H2,1-4H3,(H,26,28)(H,29,30)/t17?,18?,34-/m0/s1. The number of hydrogen-bond acceptors (Lipinski definition) is 6. The number of carboxylic acids is 1. The number of aliphatic carboxylic acids is 1. The van der Waals surface area contributed by atoms with Crippen LogP contribution in [0.4, 0.5) is 13.2 Å². The number of halogens is 3. The summed E-state index contributed by atoms with van der Waals surface area (Å²) in [4.78, 5) is 24.8. The average Bonchev–Trinajstić information content (AvgIpc) is 3.47. The third kappa shape index (κ3) is 6.16. The van der Waals surface area contributed by atoms with Gasteiger partial charge in [-0.3, -0.25) is 4.79 Å². The van der Waals surface area contributed by atoms with Crippen molar-refractivity contribution in [1.29, 1.82) is 0 Å². The van der Waals surface area contributed by atoms with E-state index in [1.165, 1.54) is 33.8 Å². The average molecular weight is 505 g/mol. The second kappa shape index (κ2) is 9.67. The van der Waals surface area contributed by atoms with E-state index >= 15 is 0 Å². The Labute approximate surface area is 197 Å². The minimum absolute atomic E-state index is 0.101. The minimum Gasteiger partial charge on any atom is -0.598 e. The molecule has 1 aliphatic carbocycles. The molecule has 1 saturated carbocycles. The molecule has 1 heterocycles. The second-order valence-corrected chi connectivity index (χ2v) is 11.3. The largest absolute Gasteiger partial charge is 0.598 e. The summed E-state index contributed by atoms with van der Waals surface area (Å²) in [7, 11) is 0. The molecule has 0 saturated heterocycles. The van der Waals surface area contributed by atoms with Crippen molar-refractivity contribution >= 4 is 34.2 Å². The van der Waals surface area contributed by atoms with Crippen LogP contribution in [0, 0.1) is 12.8 Å². The number of carbonyl (C=O) groups excluding carboxylic acids is 1. The van der Waals surface area contributed by atoms with E-state index in [2.05, 4.69) is 0 Å². The number of nitrogens with one attached hydrogen (secondary N) is 2. The third-order valence-corrected chi connectivity index (χ3v) is 6.85. The molecule has 188 valence electrons. The fourth-order valence-electron chi connectivity index (χ4n) is 3.19. The van der Waals surface area contributed by atoms with Crippen molar-refractivity contribution in [3.05, 3.63) is 29.5 Å². The van der Waals surface area contributed by atoms with Crippen LogP contribution in [0.15, 0.2) is 22.6 Å². The fraction of sp³-hybridized carbons (Fsp3) is 0.545. The Morgan fingerprint density at radius 2 is 1.94 bits per heavy atom. The van der Waals surface area contributed by atoms with Gasteiger partial charge in [0.05, 0.1) is 12.2 Å². The van der Waals surface area contributed by atoms with Gasteiger partial charge in [0.1, 0.15) is 21.8 Å². The molecule has 1 amide bonds. The molecule has 1 aliphatic rings. The van der Waals surface area contributed by atoms with Crippen molar-refractivity contribution in [2.75, 3.05) is 6.61 Å². The molecule has 3 rings (SSSR count). The predicted octanol–water partition coefficient (Wildman–Crippen LogP) is 3.70. The van der Waals surface area contributed by atoms with Gasteiger partial charge in [-0.1, -0.05) is 0 Å². The first-order chi connectivity index (χ1) is 15.7. The highest BCUT2D eigenvalue weighted by atomic mass is 32.2. The number of aryl methyl sites for hydroxylation is 1. The van der Waals surface area contributed by atoms with Crippen LogP contribution in [0.5, 0.6) is 5.75 Å². The molecule has 34 heavy (non-hydrogen) atoms. The summed E-state index contributed by atoms with van der Waals surface area (Å²) in [5, 5.41) is 11.7. The number of amides is 1. The van der Waals surface area contributed by atoms with Crippen LogP contribution >= 0.6 is 0 Å². The van der Waals surface area contributed by atoms with Crippen LogP contribution in [-0.4, -0.2) is 51.1 Å². The number of carbonyl (C=O) groups is 2. The minimum atomic E-state index is -5.12. The van der Waals surface area contributed by atoms with E-state index in [9.17, 15) is 32.4 Å². The van der Waals surface area contributed by atoms with Crippen LogP contribution in [0.3, 0.4) is 0 Å². The van der Waals surface area contributed by atoms with Crippen molar-refractivity contribution in [2.24, 2.45) is 5.92 Å². The molecule has 1 aromatic carbocycles. The molecule has 0 spiro atoms. The first-order valence-electron chi connectivity index (χ1n) is 10.6. The number of furan rings is 1. The van der Waals surface area contributed by atoms with Crippen molar-refractivity contribution in [2.45, 2.75) is 63.5 Å². The molecule has 0 bridgehead atoms. The molecular weight excluding hydrogens is 477 g/mol. The van der Waals surface area contributed by atoms with Gasteiger partial charge in [-0.25, -0.2) is 4.79 Å². The van der Waals surface area contributed by atoms with E-state index in [4.69, 9.17) is 9.15 Å². The number of benzene rings is 1. The van der Waals surface area contributed by atoms with Crippen molar-refractivity contribution in [1.82, 2.24) is 10.0 Å². The fourth-order valence-corrected chi connectivity index (χ4v) is 4.04. The van der Waals surface area contributed by atoms with E-state index in [0.29, 0.717) is 23.9 Å². The lowest BCUT2D eigenvalue weighted by Gasteiger charge is -2.31. The lowest BCUT2D eigenvalue weighted by Crippen LogP contribution is -2.63. The van der Waals surface area contributed by atoms with Crippen molar-refractivity contribution < 1.29 is 41.6 Å². The van der Waals surface area contributed by atoms with Gasteiger partial charge in [-0.05, 0) is 64.7 Å². The summed E-state index contributed by atoms with van der Waals surface area (Å²) in [5.74, 6) is -1.97. The lowest BCUT2D eigenvalue weighted by molar-refractivity contribution is -0.169. The van der Waals surface area contributed by atoms with Crippen LogP contribution in [0.1, 0.15) is 49.7 Å². The van der Waals surface area contributed by atoms with Crippen molar-refractivity contribution in [3.63, 3.8) is 0 Å². The van der Waals surface area contributed by atoms with E-state index in [0.717, 1.165) is 12.8 Å². The number of alkyl halides is 3. The zero-order valence-corrected chi connectivity index (χ0v) is 19.9. The van der Waals surface area contributed by atoms with Gasteiger partial charge in [0.25, 0.3) is 5.91 Å².